The minimum atomic E-state index is -3.78. The molecule has 180 valence electrons. The van der Waals surface area contributed by atoms with Crippen LogP contribution in [0.5, 0.6) is 11.5 Å². The zero-order valence-corrected chi connectivity index (χ0v) is 20.7. The molecule has 7 nitrogen and oxygen atoms in total. The highest BCUT2D eigenvalue weighted by molar-refractivity contribution is 7.89. The summed E-state index contributed by atoms with van der Waals surface area (Å²) in [4.78, 5) is 13.0. The Morgan fingerprint density at radius 2 is 1.85 bits per heavy atom. The quantitative estimate of drug-likeness (QED) is 0.600. The van der Waals surface area contributed by atoms with Crippen LogP contribution in [-0.4, -0.2) is 52.5 Å². The van der Waals surface area contributed by atoms with Crippen molar-refractivity contribution in [2.24, 2.45) is 5.92 Å². The standard InChI is InChI=1S/C25H34N2O5S/c1-18(2)20-9-12-23(32-4)24(16-20)33(29,30)27-15-5-6-21(17-27)25(28)26-14-13-19-7-10-22(31-3)11-8-19/h7-12,16,18,21H,5-6,13-15,17H2,1-4H3,(H,26,28)/t21-/m0/s1. The second kappa shape index (κ2) is 11.0. The summed E-state index contributed by atoms with van der Waals surface area (Å²) in [6, 6.07) is 13.0. The van der Waals surface area contributed by atoms with Crippen molar-refractivity contribution in [1.29, 1.82) is 0 Å². The van der Waals surface area contributed by atoms with Crippen LogP contribution >= 0.6 is 0 Å². The number of benzene rings is 2. The van der Waals surface area contributed by atoms with Crippen molar-refractivity contribution >= 4 is 15.9 Å². The largest absolute Gasteiger partial charge is 0.497 e. The van der Waals surface area contributed by atoms with Gasteiger partial charge in [-0.05, 0) is 60.6 Å². The van der Waals surface area contributed by atoms with Crippen LogP contribution in [0.2, 0.25) is 0 Å². The van der Waals surface area contributed by atoms with E-state index in [1.165, 1.54) is 11.4 Å². The van der Waals surface area contributed by atoms with Crippen LogP contribution in [-0.2, 0) is 21.2 Å². The molecular weight excluding hydrogens is 440 g/mol. The molecule has 0 unspecified atom stereocenters. The molecule has 0 spiro atoms. The van der Waals surface area contributed by atoms with Crippen LogP contribution in [0.3, 0.4) is 0 Å². The van der Waals surface area contributed by atoms with E-state index in [9.17, 15) is 13.2 Å². The van der Waals surface area contributed by atoms with E-state index in [1.54, 1.807) is 19.2 Å². The number of hydrogen-bond donors (Lipinski definition) is 1. The molecule has 1 saturated heterocycles. The zero-order chi connectivity index (χ0) is 24.0. The van der Waals surface area contributed by atoms with E-state index in [4.69, 9.17) is 9.47 Å². The molecule has 0 bridgehead atoms. The molecule has 1 aliphatic rings. The SMILES string of the molecule is COc1ccc(CCNC(=O)[C@H]2CCCN(S(=O)(=O)c3cc(C(C)C)ccc3OC)C2)cc1. The summed E-state index contributed by atoms with van der Waals surface area (Å²) in [6.45, 7) is 5.11. The number of carbonyl (C=O) groups is 1. The van der Waals surface area contributed by atoms with Gasteiger partial charge in [0.05, 0.1) is 20.1 Å². The number of carbonyl (C=O) groups excluding carboxylic acids is 1. The van der Waals surface area contributed by atoms with Gasteiger partial charge < -0.3 is 14.8 Å². The molecule has 2 aromatic carbocycles. The van der Waals surface area contributed by atoms with Crippen LogP contribution in [0, 0.1) is 5.92 Å². The van der Waals surface area contributed by atoms with Crippen molar-refractivity contribution in [3.8, 4) is 11.5 Å². The second-order valence-corrected chi connectivity index (χ2v) is 10.6. The smallest absolute Gasteiger partial charge is 0.246 e. The van der Waals surface area contributed by atoms with Gasteiger partial charge in [-0.2, -0.15) is 4.31 Å². The lowest BCUT2D eigenvalue weighted by molar-refractivity contribution is -0.126. The average Bonchev–Trinajstić information content (AvgIpc) is 2.84. The topological polar surface area (TPSA) is 84.9 Å². The third-order valence-corrected chi connectivity index (χ3v) is 7.99. The van der Waals surface area contributed by atoms with Gasteiger partial charge in [-0.1, -0.05) is 32.0 Å². The maximum atomic E-state index is 13.5. The lowest BCUT2D eigenvalue weighted by atomic mass is 9.99. The van der Waals surface area contributed by atoms with Gasteiger partial charge in [0.2, 0.25) is 15.9 Å². The predicted octanol–water partition coefficient (Wildman–Crippen LogP) is 3.59. The normalized spacial score (nSPS) is 17.1. The highest BCUT2D eigenvalue weighted by Crippen LogP contribution is 2.32. The Bertz CT molecular complexity index is 1050. The zero-order valence-electron chi connectivity index (χ0n) is 19.8. The first kappa shape index (κ1) is 25.1. The first-order valence-electron chi connectivity index (χ1n) is 11.3. The summed E-state index contributed by atoms with van der Waals surface area (Å²) >= 11 is 0. The van der Waals surface area contributed by atoms with Crippen molar-refractivity contribution in [3.05, 3.63) is 53.6 Å². The first-order chi connectivity index (χ1) is 15.8. The molecule has 3 rings (SSSR count). The Labute approximate surface area is 197 Å². The van der Waals surface area contributed by atoms with Gasteiger partial charge >= 0.3 is 0 Å². The molecule has 1 atom stereocenters. The summed E-state index contributed by atoms with van der Waals surface area (Å²) in [7, 11) is -0.685. The van der Waals surface area contributed by atoms with Crippen LogP contribution in [0.1, 0.15) is 43.7 Å². The van der Waals surface area contributed by atoms with Gasteiger partial charge in [-0.3, -0.25) is 4.79 Å². The number of methoxy groups -OCH3 is 2. The van der Waals surface area contributed by atoms with E-state index in [2.05, 4.69) is 5.32 Å². The molecule has 8 heteroatoms. The van der Waals surface area contributed by atoms with Gasteiger partial charge in [0.1, 0.15) is 16.4 Å². The van der Waals surface area contributed by atoms with E-state index < -0.39 is 10.0 Å². The monoisotopic (exact) mass is 474 g/mol. The molecule has 1 N–H and O–H groups in total. The fraction of sp³-hybridized carbons (Fsp3) is 0.480. The summed E-state index contributed by atoms with van der Waals surface area (Å²) < 4.78 is 38.9. The van der Waals surface area contributed by atoms with Crippen molar-refractivity contribution in [2.75, 3.05) is 33.9 Å². The van der Waals surface area contributed by atoms with Gasteiger partial charge in [0, 0.05) is 19.6 Å². The summed E-state index contributed by atoms with van der Waals surface area (Å²) in [5.74, 6) is 0.831. The van der Waals surface area contributed by atoms with Crippen molar-refractivity contribution in [2.45, 2.75) is 43.9 Å². The average molecular weight is 475 g/mol. The number of amides is 1. The lowest BCUT2D eigenvalue weighted by Gasteiger charge is -2.31. The molecule has 0 saturated carbocycles. The van der Waals surface area contributed by atoms with Crippen LogP contribution in [0.25, 0.3) is 0 Å². The molecule has 0 radical (unpaired) electrons. The molecule has 1 fully saturated rings. The van der Waals surface area contributed by atoms with Crippen LogP contribution < -0.4 is 14.8 Å². The molecular formula is C25H34N2O5S. The first-order valence-corrected chi connectivity index (χ1v) is 12.8. The maximum Gasteiger partial charge on any atom is 0.246 e. The summed E-state index contributed by atoms with van der Waals surface area (Å²) in [5.41, 5.74) is 2.03. The fourth-order valence-electron chi connectivity index (χ4n) is 4.03. The Morgan fingerprint density at radius 3 is 2.48 bits per heavy atom. The van der Waals surface area contributed by atoms with Crippen molar-refractivity contribution in [3.63, 3.8) is 0 Å². The predicted molar refractivity (Wildman–Crippen MR) is 128 cm³/mol. The Hall–Kier alpha value is -2.58. The highest BCUT2D eigenvalue weighted by Gasteiger charge is 2.35. The van der Waals surface area contributed by atoms with E-state index in [-0.39, 0.29) is 29.2 Å². The van der Waals surface area contributed by atoms with Gasteiger partial charge in [0.25, 0.3) is 0 Å². The number of rotatable bonds is 9. The molecule has 0 aromatic heterocycles. The van der Waals surface area contributed by atoms with Crippen molar-refractivity contribution < 1.29 is 22.7 Å². The second-order valence-electron chi connectivity index (χ2n) is 8.66. The minimum absolute atomic E-state index is 0.105. The Balaban J connectivity index is 1.65. The third-order valence-electron chi connectivity index (χ3n) is 6.10. The summed E-state index contributed by atoms with van der Waals surface area (Å²) in [6.07, 6.45) is 2.01. The van der Waals surface area contributed by atoms with E-state index in [0.717, 1.165) is 16.9 Å². The van der Waals surface area contributed by atoms with Gasteiger partial charge in [-0.15, -0.1) is 0 Å². The minimum Gasteiger partial charge on any atom is -0.497 e. The molecule has 33 heavy (non-hydrogen) atoms. The highest BCUT2D eigenvalue weighted by atomic mass is 32.2. The van der Waals surface area contributed by atoms with E-state index >= 15 is 0 Å². The molecule has 1 heterocycles. The number of piperidine rings is 1. The number of hydrogen-bond acceptors (Lipinski definition) is 5. The fourth-order valence-corrected chi connectivity index (χ4v) is 5.75. The van der Waals surface area contributed by atoms with E-state index in [0.29, 0.717) is 38.1 Å². The number of ether oxygens (including phenoxy) is 2. The number of nitrogens with zero attached hydrogens (tertiary/aromatic N) is 1. The number of sulfonamides is 1. The molecule has 1 aliphatic heterocycles. The van der Waals surface area contributed by atoms with Crippen LogP contribution in [0.4, 0.5) is 0 Å². The molecule has 1 amide bonds. The van der Waals surface area contributed by atoms with E-state index in [1.807, 2.05) is 44.2 Å². The molecule has 0 aliphatic carbocycles. The van der Waals surface area contributed by atoms with Gasteiger partial charge in [0.15, 0.2) is 0 Å². The summed E-state index contributed by atoms with van der Waals surface area (Å²) in [5, 5.41) is 2.97. The Kier molecular flexibility index (Phi) is 8.37. The Morgan fingerprint density at radius 1 is 1.12 bits per heavy atom. The van der Waals surface area contributed by atoms with Crippen LogP contribution in [0.15, 0.2) is 47.4 Å². The third kappa shape index (κ3) is 6.06. The maximum absolute atomic E-state index is 13.5. The molecule has 2 aromatic rings. The van der Waals surface area contributed by atoms with Crippen molar-refractivity contribution in [1.82, 2.24) is 9.62 Å². The number of nitrogens with one attached hydrogen (secondary N) is 1. The van der Waals surface area contributed by atoms with Gasteiger partial charge in [-0.25, -0.2) is 8.42 Å². The lowest BCUT2D eigenvalue weighted by Crippen LogP contribution is -2.45.